The van der Waals surface area contributed by atoms with E-state index >= 15 is 0 Å². The minimum absolute atomic E-state index is 0.303. The van der Waals surface area contributed by atoms with Crippen LogP contribution in [0.4, 0.5) is 0 Å². The Hall–Kier alpha value is 0.240. The first-order valence-corrected chi connectivity index (χ1v) is 6.34. The summed E-state index contributed by atoms with van der Waals surface area (Å²) in [5.74, 6) is 1.15. The molecule has 0 aromatic rings. The van der Waals surface area contributed by atoms with E-state index in [1.54, 1.807) is 0 Å². The normalized spacial score (nSPS) is 25.5. The molecule has 0 bridgehead atoms. The van der Waals surface area contributed by atoms with Crippen LogP contribution in [0.25, 0.3) is 0 Å². The van der Waals surface area contributed by atoms with E-state index in [-0.39, 0.29) is 0 Å². The molecule has 1 fully saturated rings. The maximum absolute atomic E-state index is 5.41. The Morgan fingerprint density at radius 1 is 1.62 bits per heavy atom. The SMILES string of the molecule is CCCSC(=S)N1C(C)CC1(C)C. The van der Waals surface area contributed by atoms with Gasteiger partial charge in [0.1, 0.15) is 4.32 Å². The van der Waals surface area contributed by atoms with Crippen LogP contribution < -0.4 is 0 Å². The van der Waals surface area contributed by atoms with Crippen LogP contribution >= 0.6 is 24.0 Å². The Labute approximate surface area is 91.3 Å². The lowest BCUT2D eigenvalue weighted by Gasteiger charge is -2.55. The fourth-order valence-electron chi connectivity index (χ4n) is 2.08. The molecule has 1 heterocycles. The van der Waals surface area contributed by atoms with Gasteiger partial charge < -0.3 is 4.90 Å². The third-order valence-electron chi connectivity index (χ3n) is 2.51. The zero-order chi connectivity index (χ0) is 10.1. The number of nitrogens with zero attached hydrogens (tertiary/aromatic N) is 1. The number of thiocarbonyl (C=S) groups is 1. The summed E-state index contributed by atoms with van der Waals surface area (Å²) in [6.45, 7) is 8.99. The van der Waals surface area contributed by atoms with Gasteiger partial charge in [0.05, 0.1) is 0 Å². The first-order valence-electron chi connectivity index (χ1n) is 4.95. The molecule has 0 radical (unpaired) electrons. The highest BCUT2D eigenvalue weighted by Crippen LogP contribution is 2.38. The van der Waals surface area contributed by atoms with E-state index in [0.717, 1.165) is 10.1 Å². The zero-order valence-corrected chi connectivity index (χ0v) is 10.6. The molecule has 1 nitrogen and oxygen atoms in total. The van der Waals surface area contributed by atoms with E-state index in [9.17, 15) is 0 Å². The van der Waals surface area contributed by atoms with Crippen LogP contribution in [-0.2, 0) is 0 Å². The van der Waals surface area contributed by atoms with Crippen LogP contribution in [0, 0.1) is 0 Å². The third kappa shape index (κ3) is 2.38. The molecule has 1 atom stereocenters. The molecule has 0 spiro atoms. The number of rotatable bonds is 2. The van der Waals surface area contributed by atoms with Crippen molar-refractivity contribution in [3.8, 4) is 0 Å². The highest BCUT2D eigenvalue weighted by Gasteiger charge is 2.43. The monoisotopic (exact) mass is 217 g/mol. The van der Waals surface area contributed by atoms with Crippen molar-refractivity contribution in [1.29, 1.82) is 0 Å². The first kappa shape index (κ1) is 11.3. The smallest absolute Gasteiger partial charge is 0.137 e. The standard InChI is InChI=1S/C10H19NS2/c1-5-6-13-9(12)11-8(2)7-10(11,3)4/h8H,5-7H2,1-4H3. The van der Waals surface area contributed by atoms with E-state index in [0.29, 0.717) is 11.6 Å². The van der Waals surface area contributed by atoms with E-state index in [2.05, 4.69) is 32.6 Å². The number of hydrogen-bond donors (Lipinski definition) is 0. The van der Waals surface area contributed by atoms with Crippen molar-refractivity contribution >= 4 is 28.3 Å². The molecule has 0 aromatic carbocycles. The highest BCUT2D eigenvalue weighted by atomic mass is 32.2. The van der Waals surface area contributed by atoms with Gasteiger partial charge in [0, 0.05) is 11.6 Å². The van der Waals surface area contributed by atoms with Crippen LogP contribution in [0.1, 0.15) is 40.5 Å². The lowest BCUT2D eigenvalue weighted by Crippen LogP contribution is -2.62. The average Bonchev–Trinajstić information content (AvgIpc) is 1.98. The summed E-state index contributed by atoms with van der Waals surface area (Å²) in [6.07, 6.45) is 2.47. The van der Waals surface area contributed by atoms with E-state index in [1.165, 1.54) is 12.8 Å². The fourth-order valence-corrected chi connectivity index (χ4v) is 3.70. The van der Waals surface area contributed by atoms with Crippen molar-refractivity contribution in [1.82, 2.24) is 4.90 Å². The summed E-state index contributed by atoms with van der Waals surface area (Å²) >= 11 is 7.23. The van der Waals surface area contributed by atoms with Gasteiger partial charge in [-0.2, -0.15) is 0 Å². The molecule has 76 valence electrons. The maximum Gasteiger partial charge on any atom is 0.137 e. The topological polar surface area (TPSA) is 3.24 Å². The van der Waals surface area contributed by atoms with Gasteiger partial charge in [-0.15, -0.1) is 0 Å². The largest absolute Gasteiger partial charge is 0.350 e. The van der Waals surface area contributed by atoms with Gasteiger partial charge in [-0.3, -0.25) is 0 Å². The molecule has 0 saturated carbocycles. The molecule has 0 N–H and O–H groups in total. The quantitative estimate of drug-likeness (QED) is 0.654. The van der Waals surface area contributed by atoms with E-state index in [4.69, 9.17) is 12.2 Å². The molecule has 0 aliphatic carbocycles. The zero-order valence-electron chi connectivity index (χ0n) is 8.96. The summed E-state index contributed by atoms with van der Waals surface area (Å²) in [6, 6.07) is 0.645. The molecule has 1 unspecified atom stereocenters. The van der Waals surface area contributed by atoms with Gasteiger partial charge in [0.2, 0.25) is 0 Å². The molecule has 3 heteroatoms. The van der Waals surface area contributed by atoms with Gasteiger partial charge in [0.25, 0.3) is 0 Å². The Kier molecular flexibility index (Phi) is 3.64. The molecule has 1 aliphatic heterocycles. The molecule has 13 heavy (non-hydrogen) atoms. The Balaban J connectivity index is 2.46. The second kappa shape index (κ2) is 4.18. The van der Waals surface area contributed by atoms with Crippen LogP contribution in [0.2, 0.25) is 0 Å². The summed E-state index contributed by atoms with van der Waals surface area (Å²) in [7, 11) is 0. The molecular weight excluding hydrogens is 198 g/mol. The lowest BCUT2D eigenvalue weighted by atomic mass is 9.83. The van der Waals surface area contributed by atoms with Crippen molar-refractivity contribution in [3.05, 3.63) is 0 Å². The fraction of sp³-hybridized carbons (Fsp3) is 0.900. The molecule has 1 saturated heterocycles. The summed E-state index contributed by atoms with van der Waals surface area (Å²) in [5, 5.41) is 0. The molecule has 1 aliphatic rings. The predicted octanol–water partition coefficient (Wildman–Crippen LogP) is 3.29. The number of likely N-dealkylation sites (tertiary alicyclic amines) is 1. The summed E-state index contributed by atoms with van der Waals surface area (Å²) < 4.78 is 1.09. The third-order valence-corrected chi connectivity index (χ3v) is 4.12. The van der Waals surface area contributed by atoms with Crippen LogP contribution in [0.15, 0.2) is 0 Å². The van der Waals surface area contributed by atoms with Crippen molar-refractivity contribution in [2.45, 2.75) is 52.1 Å². The van der Waals surface area contributed by atoms with Gasteiger partial charge >= 0.3 is 0 Å². The Morgan fingerprint density at radius 3 is 2.62 bits per heavy atom. The highest BCUT2D eigenvalue weighted by molar-refractivity contribution is 8.22. The number of hydrogen-bond acceptors (Lipinski definition) is 2. The van der Waals surface area contributed by atoms with Crippen molar-refractivity contribution in [2.75, 3.05) is 5.75 Å². The van der Waals surface area contributed by atoms with E-state index < -0.39 is 0 Å². The lowest BCUT2D eigenvalue weighted by molar-refractivity contribution is 0.0381. The molecule has 0 amide bonds. The van der Waals surface area contributed by atoms with Gasteiger partial charge in [-0.25, -0.2) is 0 Å². The minimum Gasteiger partial charge on any atom is -0.350 e. The molecule has 0 aromatic heterocycles. The van der Waals surface area contributed by atoms with Crippen LogP contribution in [0.3, 0.4) is 0 Å². The first-order chi connectivity index (χ1) is 5.99. The van der Waals surface area contributed by atoms with Gasteiger partial charge in [-0.05, 0) is 39.4 Å². The predicted molar refractivity (Wildman–Crippen MR) is 65.3 cm³/mol. The van der Waals surface area contributed by atoms with Crippen molar-refractivity contribution in [2.24, 2.45) is 0 Å². The minimum atomic E-state index is 0.303. The van der Waals surface area contributed by atoms with Crippen molar-refractivity contribution in [3.63, 3.8) is 0 Å². The Bertz CT molecular complexity index is 201. The second-order valence-corrected chi connectivity index (χ2v) is 6.08. The molecule has 1 rings (SSSR count). The number of thioether (sulfide) groups is 1. The summed E-state index contributed by atoms with van der Waals surface area (Å²) in [4.78, 5) is 2.38. The van der Waals surface area contributed by atoms with Crippen molar-refractivity contribution < 1.29 is 0 Å². The molecular formula is C10H19NS2. The van der Waals surface area contributed by atoms with Crippen LogP contribution in [-0.4, -0.2) is 26.6 Å². The summed E-state index contributed by atoms with van der Waals surface area (Å²) in [5.41, 5.74) is 0.303. The second-order valence-electron chi connectivity index (χ2n) is 4.35. The Morgan fingerprint density at radius 2 is 2.23 bits per heavy atom. The van der Waals surface area contributed by atoms with Gasteiger partial charge in [-0.1, -0.05) is 30.9 Å². The van der Waals surface area contributed by atoms with Gasteiger partial charge in [0.15, 0.2) is 0 Å². The van der Waals surface area contributed by atoms with Crippen LogP contribution in [0.5, 0.6) is 0 Å². The average molecular weight is 217 g/mol. The maximum atomic E-state index is 5.41. The van der Waals surface area contributed by atoms with E-state index in [1.807, 2.05) is 11.8 Å².